The summed E-state index contributed by atoms with van der Waals surface area (Å²) in [6.07, 6.45) is 2.16. The molecule has 0 aliphatic carbocycles. The van der Waals surface area contributed by atoms with E-state index < -0.39 is 0 Å². The molecule has 1 amide bonds. The van der Waals surface area contributed by atoms with E-state index in [1.807, 2.05) is 6.92 Å². The van der Waals surface area contributed by atoms with Crippen LogP contribution in [-0.4, -0.2) is 11.9 Å². The maximum absolute atomic E-state index is 10.5. The molecular weight excluding hydrogens is 116 g/mol. The maximum atomic E-state index is 10.5. The van der Waals surface area contributed by atoms with Crippen molar-refractivity contribution >= 4 is 5.91 Å². The summed E-state index contributed by atoms with van der Waals surface area (Å²) < 4.78 is 0. The molecule has 9 heavy (non-hydrogen) atoms. The van der Waals surface area contributed by atoms with E-state index >= 15 is 0 Å². The lowest BCUT2D eigenvalue weighted by Crippen LogP contribution is -2.17. The van der Waals surface area contributed by atoms with Crippen LogP contribution in [0.4, 0.5) is 0 Å². The first kappa shape index (κ1) is 6.29. The SMILES string of the molecule is CC(N)C1=CNC(=O)C1. The molecule has 3 N–H and O–H groups in total. The fourth-order valence-corrected chi connectivity index (χ4v) is 0.753. The van der Waals surface area contributed by atoms with Crippen molar-refractivity contribution in [1.82, 2.24) is 5.32 Å². The predicted octanol–water partition coefficient (Wildman–Crippen LogP) is -0.263. The lowest BCUT2D eigenvalue weighted by atomic mass is 10.1. The molecule has 3 heteroatoms. The minimum absolute atomic E-state index is 0.00366. The van der Waals surface area contributed by atoms with Crippen LogP contribution in [0.25, 0.3) is 0 Å². The number of hydrogen-bond donors (Lipinski definition) is 2. The third kappa shape index (κ3) is 1.29. The van der Waals surface area contributed by atoms with Crippen molar-refractivity contribution in [3.05, 3.63) is 11.8 Å². The first-order chi connectivity index (χ1) is 4.20. The molecule has 0 saturated carbocycles. The highest BCUT2D eigenvalue weighted by Gasteiger charge is 2.14. The number of nitrogens with two attached hydrogens (primary N) is 1. The minimum Gasteiger partial charge on any atom is -0.332 e. The molecular formula is C6H10N2O. The molecule has 0 radical (unpaired) electrons. The Balaban J connectivity index is 2.55. The number of carbonyl (C=O) groups is 1. The van der Waals surface area contributed by atoms with Gasteiger partial charge in [0.25, 0.3) is 0 Å². The average Bonchev–Trinajstić information content (AvgIpc) is 2.14. The number of amides is 1. The van der Waals surface area contributed by atoms with Crippen LogP contribution in [0.5, 0.6) is 0 Å². The van der Waals surface area contributed by atoms with Crippen LogP contribution in [0.3, 0.4) is 0 Å². The molecule has 1 atom stereocenters. The van der Waals surface area contributed by atoms with E-state index in [2.05, 4.69) is 5.32 Å². The second-order valence-electron chi connectivity index (χ2n) is 2.25. The molecule has 1 aliphatic rings. The molecule has 50 valence electrons. The Morgan fingerprint density at radius 1 is 1.89 bits per heavy atom. The van der Waals surface area contributed by atoms with Crippen LogP contribution >= 0.6 is 0 Å². The van der Waals surface area contributed by atoms with Crippen LogP contribution in [0.1, 0.15) is 13.3 Å². The Morgan fingerprint density at radius 3 is 2.78 bits per heavy atom. The van der Waals surface area contributed by atoms with Gasteiger partial charge in [0.05, 0.1) is 6.42 Å². The van der Waals surface area contributed by atoms with Gasteiger partial charge in [-0.15, -0.1) is 0 Å². The highest BCUT2D eigenvalue weighted by atomic mass is 16.1. The highest BCUT2D eigenvalue weighted by molar-refractivity contribution is 5.82. The van der Waals surface area contributed by atoms with E-state index in [-0.39, 0.29) is 11.9 Å². The van der Waals surface area contributed by atoms with Crippen molar-refractivity contribution in [1.29, 1.82) is 0 Å². The third-order valence-electron chi connectivity index (χ3n) is 1.37. The molecule has 0 spiro atoms. The van der Waals surface area contributed by atoms with Gasteiger partial charge < -0.3 is 11.1 Å². The Morgan fingerprint density at radius 2 is 2.56 bits per heavy atom. The third-order valence-corrected chi connectivity index (χ3v) is 1.37. The Hall–Kier alpha value is -0.830. The second-order valence-corrected chi connectivity index (χ2v) is 2.25. The fraction of sp³-hybridized carbons (Fsp3) is 0.500. The van der Waals surface area contributed by atoms with E-state index in [1.165, 1.54) is 0 Å². The largest absolute Gasteiger partial charge is 0.332 e. The molecule has 0 fully saturated rings. The van der Waals surface area contributed by atoms with Gasteiger partial charge in [-0.3, -0.25) is 4.79 Å². The molecule has 0 aromatic carbocycles. The predicted molar refractivity (Wildman–Crippen MR) is 34.5 cm³/mol. The van der Waals surface area contributed by atoms with Gasteiger partial charge in [0.1, 0.15) is 0 Å². The van der Waals surface area contributed by atoms with Gasteiger partial charge in [0, 0.05) is 12.2 Å². The van der Waals surface area contributed by atoms with Crippen molar-refractivity contribution in [2.45, 2.75) is 19.4 Å². The summed E-state index contributed by atoms with van der Waals surface area (Å²) in [6.45, 7) is 1.87. The Bertz CT molecular complexity index is 160. The normalized spacial score (nSPS) is 21.1. The van der Waals surface area contributed by atoms with Gasteiger partial charge in [-0.2, -0.15) is 0 Å². The van der Waals surface area contributed by atoms with Gasteiger partial charge in [0.15, 0.2) is 0 Å². The van der Waals surface area contributed by atoms with E-state index in [4.69, 9.17) is 5.73 Å². The number of hydrogen-bond acceptors (Lipinski definition) is 2. The maximum Gasteiger partial charge on any atom is 0.228 e. The standard InChI is InChI=1S/C6H10N2O/c1-4(7)5-2-6(9)8-3-5/h3-4H,2,7H2,1H3,(H,8,9). The fourth-order valence-electron chi connectivity index (χ4n) is 0.753. The van der Waals surface area contributed by atoms with Crippen LogP contribution in [0, 0.1) is 0 Å². The van der Waals surface area contributed by atoms with Gasteiger partial charge in [-0.05, 0) is 12.5 Å². The van der Waals surface area contributed by atoms with E-state index in [0.29, 0.717) is 6.42 Å². The van der Waals surface area contributed by atoms with Crippen LogP contribution in [-0.2, 0) is 4.79 Å². The molecule has 0 aromatic heterocycles. The second kappa shape index (κ2) is 2.19. The number of carbonyl (C=O) groups excluding carboxylic acids is 1. The monoisotopic (exact) mass is 126 g/mol. The van der Waals surface area contributed by atoms with Crippen LogP contribution in [0.2, 0.25) is 0 Å². The first-order valence-corrected chi connectivity index (χ1v) is 2.94. The summed E-state index contributed by atoms with van der Waals surface area (Å²) >= 11 is 0. The van der Waals surface area contributed by atoms with Crippen LogP contribution < -0.4 is 11.1 Å². The van der Waals surface area contributed by atoms with Gasteiger partial charge in [0.2, 0.25) is 5.91 Å². The summed E-state index contributed by atoms with van der Waals surface area (Å²) in [5, 5.41) is 2.57. The van der Waals surface area contributed by atoms with E-state index in [9.17, 15) is 4.79 Å². The van der Waals surface area contributed by atoms with E-state index in [0.717, 1.165) is 5.57 Å². The minimum atomic E-state index is 0.00366. The molecule has 3 nitrogen and oxygen atoms in total. The average molecular weight is 126 g/mol. The molecule has 0 aromatic rings. The summed E-state index contributed by atoms with van der Waals surface area (Å²) in [5.74, 6) is 0.0438. The number of nitrogens with one attached hydrogen (secondary N) is 1. The van der Waals surface area contributed by atoms with Crippen molar-refractivity contribution < 1.29 is 4.79 Å². The first-order valence-electron chi connectivity index (χ1n) is 2.94. The van der Waals surface area contributed by atoms with E-state index in [1.54, 1.807) is 6.20 Å². The lowest BCUT2D eigenvalue weighted by molar-refractivity contribution is -0.118. The van der Waals surface area contributed by atoms with Gasteiger partial charge >= 0.3 is 0 Å². The van der Waals surface area contributed by atoms with Crippen molar-refractivity contribution in [3.8, 4) is 0 Å². The lowest BCUT2D eigenvalue weighted by Gasteiger charge is -2.00. The topological polar surface area (TPSA) is 55.1 Å². The summed E-state index contributed by atoms with van der Waals surface area (Å²) in [4.78, 5) is 10.5. The van der Waals surface area contributed by atoms with Crippen LogP contribution in [0.15, 0.2) is 11.8 Å². The molecule has 0 bridgehead atoms. The Labute approximate surface area is 53.9 Å². The molecule has 1 rings (SSSR count). The molecule has 1 unspecified atom stereocenters. The van der Waals surface area contributed by atoms with Gasteiger partial charge in [-0.1, -0.05) is 0 Å². The molecule has 1 heterocycles. The van der Waals surface area contributed by atoms with Crippen molar-refractivity contribution in [2.24, 2.45) is 5.73 Å². The molecule has 0 saturated heterocycles. The zero-order chi connectivity index (χ0) is 6.85. The summed E-state index contributed by atoms with van der Waals surface area (Å²) in [7, 11) is 0. The zero-order valence-corrected chi connectivity index (χ0v) is 5.35. The Kier molecular flexibility index (Phi) is 1.53. The summed E-state index contributed by atoms with van der Waals surface area (Å²) in [5.41, 5.74) is 6.49. The highest BCUT2D eigenvalue weighted by Crippen LogP contribution is 2.08. The molecule has 1 aliphatic heterocycles. The summed E-state index contributed by atoms with van der Waals surface area (Å²) in [6, 6.07) is 0.00366. The zero-order valence-electron chi connectivity index (χ0n) is 5.35. The van der Waals surface area contributed by atoms with Crippen molar-refractivity contribution in [2.75, 3.05) is 0 Å². The van der Waals surface area contributed by atoms with Crippen molar-refractivity contribution in [3.63, 3.8) is 0 Å². The quantitative estimate of drug-likeness (QED) is 0.508. The van der Waals surface area contributed by atoms with Gasteiger partial charge in [-0.25, -0.2) is 0 Å². The number of rotatable bonds is 1. The smallest absolute Gasteiger partial charge is 0.228 e.